The van der Waals surface area contributed by atoms with Gasteiger partial charge in [0.05, 0.1) is 19.1 Å². The zero-order chi connectivity index (χ0) is 23.7. The lowest BCUT2D eigenvalue weighted by Gasteiger charge is -2.10. The van der Waals surface area contributed by atoms with Gasteiger partial charge in [-0.1, -0.05) is 18.2 Å². The van der Waals surface area contributed by atoms with E-state index >= 15 is 0 Å². The lowest BCUT2D eigenvalue weighted by molar-refractivity contribution is 0.0997. The van der Waals surface area contributed by atoms with Gasteiger partial charge in [-0.3, -0.25) is 4.79 Å². The molecule has 0 saturated carbocycles. The van der Waals surface area contributed by atoms with Gasteiger partial charge in [0, 0.05) is 30.7 Å². The molecule has 0 atom stereocenters. The van der Waals surface area contributed by atoms with Crippen LogP contribution in [0.1, 0.15) is 16.1 Å². The van der Waals surface area contributed by atoms with Crippen LogP contribution in [0.3, 0.4) is 0 Å². The van der Waals surface area contributed by atoms with E-state index in [4.69, 9.17) is 10.5 Å². The highest BCUT2D eigenvalue weighted by Gasteiger charge is 2.20. The summed E-state index contributed by atoms with van der Waals surface area (Å²) in [6.45, 7) is 0.685. The minimum atomic E-state index is -0.787. The number of hydrogen-bond donors (Lipinski definition) is 3. The summed E-state index contributed by atoms with van der Waals surface area (Å²) in [4.78, 5) is 40.3. The highest BCUT2D eigenvalue weighted by molar-refractivity contribution is 6.02. The summed E-state index contributed by atoms with van der Waals surface area (Å²) >= 11 is 0. The number of carbonyl (C=O) groups excluding carboxylic acids is 1. The number of fused-ring (bicyclic) bond motifs is 1. The van der Waals surface area contributed by atoms with Gasteiger partial charge in [-0.05, 0) is 29.8 Å². The largest absolute Gasteiger partial charge is 0.497 e. The number of methoxy groups -OCH3 is 1. The zero-order valence-electron chi connectivity index (χ0n) is 18.1. The highest BCUT2D eigenvalue weighted by atomic mass is 16.5. The fourth-order valence-electron chi connectivity index (χ4n) is 3.62. The van der Waals surface area contributed by atoms with E-state index in [2.05, 4.69) is 25.3 Å². The van der Waals surface area contributed by atoms with Crippen LogP contribution in [0.25, 0.3) is 16.9 Å². The number of anilines is 2. The number of benzene rings is 2. The number of nitrogens with zero attached hydrogens (tertiary/aromatic N) is 5. The van der Waals surface area contributed by atoms with E-state index in [1.54, 1.807) is 36.8 Å². The summed E-state index contributed by atoms with van der Waals surface area (Å²) in [7, 11) is 1.53. The number of nitrogens with two attached hydrogens (primary N) is 1. The van der Waals surface area contributed by atoms with Gasteiger partial charge >= 0.3 is 5.69 Å². The Kier molecular flexibility index (Phi) is 5.26. The molecule has 34 heavy (non-hydrogen) atoms. The molecule has 0 aliphatic heterocycles. The number of primary amides is 1. The van der Waals surface area contributed by atoms with E-state index < -0.39 is 11.6 Å². The van der Waals surface area contributed by atoms with Crippen molar-refractivity contribution < 1.29 is 9.53 Å². The third-order valence-corrected chi connectivity index (χ3v) is 5.22. The van der Waals surface area contributed by atoms with E-state index in [0.717, 1.165) is 5.56 Å². The molecule has 0 fully saturated rings. The van der Waals surface area contributed by atoms with Crippen LogP contribution in [-0.4, -0.2) is 42.1 Å². The van der Waals surface area contributed by atoms with Gasteiger partial charge in [0.1, 0.15) is 11.3 Å². The molecule has 5 rings (SSSR count). The van der Waals surface area contributed by atoms with Crippen LogP contribution < -0.4 is 21.5 Å². The standard InChI is InChI=1S/C23H20N8O3/c1-34-17-4-2-3-16(11-17)31-21-19(28-23(31)33)18(20(24)32)27-22(29-21)26-15-7-5-14(6-8-15)12-30-10-9-25-13-30/h2-11,13H,12H2,1H3,(H2,24,32)(H,28,33)(H,26,27,29). The molecule has 0 bridgehead atoms. The fourth-order valence-corrected chi connectivity index (χ4v) is 3.62. The van der Waals surface area contributed by atoms with Gasteiger partial charge in [0.25, 0.3) is 5.91 Å². The Morgan fingerprint density at radius 2 is 2.00 bits per heavy atom. The van der Waals surface area contributed by atoms with Crippen LogP contribution in [0.5, 0.6) is 5.75 Å². The Bertz CT molecular complexity index is 1540. The van der Waals surface area contributed by atoms with Gasteiger partial charge in [-0.2, -0.15) is 4.98 Å². The van der Waals surface area contributed by atoms with E-state index in [9.17, 15) is 9.59 Å². The average Bonchev–Trinajstić information content (AvgIpc) is 3.46. The quantitative estimate of drug-likeness (QED) is 0.340. The third kappa shape index (κ3) is 3.97. The lowest BCUT2D eigenvalue weighted by atomic mass is 10.2. The summed E-state index contributed by atoms with van der Waals surface area (Å²) < 4.78 is 8.56. The van der Waals surface area contributed by atoms with Crippen molar-refractivity contribution in [1.82, 2.24) is 29.1 Å². The molecule has 2 aromatic carbocycles. The molecule has 0 spiro atoms. The Hall–Kier alpha value is -4.93. The highest BCUT2D eigenvalue weighted by Crippen LogP contribution is 2.22. The molecule has 170 valence electrons. The van der Waals surface area contributed by atoms with Crippen molar-refractivity contribution in [2.24, 2.45) is 5.73 Å². The van der Waals surface area contributed by atoms with Gasteiger partial charge in [0.15, 0.2) is 11.3 Å². The molecule has 11 heteroatoms. The number of hydrogen-bond acceptors (Lipinski definition) is 7. The number of H-pyrrole nitrogens is 1. The van der Waals surface area contributed by atoms with Crippen molar-refractivity contribution in [3.05, 3.63) is 89.0 Å². The molecule has 0 aliphatic carbocycles. The molecule has 0 radical (unpaired) electrons. The van der Waals surface area contributed by atoms with Gasteiger partial charge in [0.2, 0.25) is 5.95 Å². The predicted molar refractivity (Wildman–Crippen MR) is 126 cm³/mol. The predicted octanol–water partition coefficient (Wildman–Crippen LogP) is 2.20. The number of ether oxygens (including phenoxy) is 1. The average molecular weight is 456 g/mol. The van der Waals surface area contributed by atoms with Crippen LogP contribution >= 0.6 is 0 Å². The maximum absolute atomic E-state index is 12.8. The second-order valence-electron chi connectivity index (χ2n) is 7.48. The maximum Gasteiger partial charge on any atom is 0.332 e. The minimum Gasteiger partial charge on any atom is -0.497 e. The molecule has 1 amide bonds. The van der Waals surface area contributed by atoms with E-state index in [1.165, 1.54) is 11.7 Å². The molecule has 0 aliphatic rings. The monoisotopic (exact) mass is 456 g/mol. The third-order valence-electron chi connectivity index (χ3n) is 5.22. The SMILES string of the molecule is COc1cccc(-n2c(=O)[nH]c3c(C(N)=O)nc(Nc4ccc(Cn5ccnc5)cc4)nc32)c1. The van der Waals surface area contributed by atoms with Crippen LogP contribution in [0.15, 0.2) is 72.0 Å². The summed E-state index contributed by atoms with van der Waals surface area (Å²) in [5.74, 6) is -0.0958. The van der Waals surface area contributed by atoms with Crippen LogP contribution in [0.2, 0.25) is 0 Å². The van der Waals surface area contributed by atoms with Crippen LogP contribution in [0.4, 0.5) is 11.6 Å². The van der Waals surface area contributed by atoms with Crippen LogP contribution in [-0.2, 0) is 6.54 Å². The molecular weight excluding hydrogens is 436 g/mol. The van der Waals surface area contributed by atoms with Gasteiger partial charge in [-0.15, -0.1) is 0 Å². The Balaban J connectivity index is 1.54. The first kappa shape index (κ1) is 20.9. The Morgan fingerprint density at radius 1 is 1.18 bits per heavy atom. The normalized spacial score (nSPS) is 11.0. The molecule has 5 aromatic rings. The number of nitrogens with one attached hydrogen (secondary N) is 2. The molecule has 0 saturated heterocycles. The second-order valence-corrected chi connectivity index (χ2v) is 7.48. The Labute approximate surface area is 192 Å². The number of carbonyl (C=O) groups is 1. The molecule has 3 heterocycles. The Morgan fingerprint density at radius 3 is 2.71 bits per heavy atom. The molecule has 0 unspecified atom stereocenters. The summed E-state index contributed by atoms with van der Waals surface area (Å²) in [6.07, 6.45) is 5.37. The smallest absolute Gasteiger partial charge is 0.332 e. The van der Waals surface area contributed by atoms with Gasteiger partial charge in [-0.25, -0.2) is 19.3 Å². The summed E-state index contributed by atoms with van der Waals surface area (Å²) in [6, 6.07) is 14.6. The summed E-state index contributed by atoms with van der Waals surface area (Å²) in [5.41, 5.74) is 7.63. The van der Waals surface area contributed by atoms with Gasteiger partial charge < -0.3 is 25.3 Å². The number of rotatable bonds is 7. The molecular formula is C23H20N8O3. The van der Waals surface area contributed by atoms with Crippen molar-refractivity contribution >= 4 is 28.7 Å². The maximum atomic E-state index is 12.8. The van der Waals surface area contributed by atoms with E-state index in [0.29, 0.717) is 23.7 Å². The van der Waals surface area contributed by atoms with Crippen molar-refractivity contribution in [2.75, 3.05) is 12.4 Å². The van der Waals surface area contributed by atoms with Crippen molar-refractivity contribution in [3.8, 4) is 11.4 Å². The molecule has 4 N–H and O–H groups in total. The zero-order valence-corrected chi connectivity index (χ0v) is 18.1. The first-order valence-corrected chi connectivity index (χ1v) is 10.3. The second kappa shape index (κ2) is 8.54. The van der Waals surface area contributed by atoms with E-state index in [-0.39, 0.29) is 22.8 Å². The fraction of sp³-hybridized carbons (Fsp3) is 0.0870. The minimum absolute atomic E-state index is 0.0945. The summed E-state index contributed by atoms with van der Waals surface area (Å²) in [5, 5.41) is 3.08. The van der Waals surface area contributed by atoms with Crippen molar-refractivity contribution in [2.45, 2.75) is 6.54 Å². The number of imidazole rings is 2. The van der Waals surface area contributed by atoms with E-state index in [1.807, 2.05) is 35.0 Å². The topological polar surface area (TPSA) is 146 Å². The first-order chi connectivity index (χ1) is 16.5. The number of amides is 1. The number of aromatic amines is 1. The van der Waals surface area contributed by atoms with Crippen molar-refractivity contribution in [3.63, 3.8) is 0 Å². The molecule has 11 nitrogen and oxygen atoms in total. The number of aromatic nitrogens is 6. The first-order valence-electron chi connectivity index (χ1n) is 10.3. The molecule has 3 aromatic heterocycles. The van der Waals surface area contributed by atoms with Crippen LogP contribution in [0, 0.1) is 0 Å². The van der Waals surface area contributed by atoms with Crippen molar-refractivity contribution in [1.29, 1.82) is 0 Å². The lowest BCUT2D eigenvalue weighted by Crippen LogP contribution is -2.16.